The Balaban J connectivity index is 1.51. The monoisotopic (exact) mass is 368 g/mol. The second kappa shape index (κ2) is 7.86. The SMILES string of the molecule is CCCN1CCCn2nc(CNC(=O)CC3CCS(=O)(=O)C3)cc2C1. The smallest absolute Gasteiger partial charge is 0.220 e. The maximum atomic E-state index is 12.1. The predicted molar refractivity (Wildman–Crippen MR) is 95.6 cm³/mol. The van der Waals surface area contributed by atoms with Crippen molar-refractivity contribution in [3.8, 4) is 0 Å². The van der Waals surface area contributed by atoms with E-state index in [0.29, 0.717) is 13.0 Å². The summed E-state index contributed by atoms with van der Waals surface area (Å²) in [4.78, 5) is 14.5. The number of hydrogen-bond donors (Lipinski definition) is 1. The molecule has 25 heavy (non-hydrogen) atoms. The van der Waals surface area contributed by atoms with Gasteiger partial charge in [-0.15, -0.1) is 0 Å². The van der Waals surface area contributed by atoms with Gasteiger partial charge in [0, 0.05) is 26.1 Å². The number of hydrogen-bond acceptors (Lipinski definition) is 5. The Labute approximate surface area is 149 Å². The van der Waals surface area contributed by atoms with Crippen LogP contribution in [0, 0.1) is 5.92 Å². The Bertz CT molecular complexity index is 713. The first-order valence-corrected chi connectivity index (χ1v) is 11.0. The molecule has 140 valence electrons. The van der Waals surface area contributed by atoms with Gasteiger partial charge in [-0.3, -0.25) is 14.4 Å². The quantitative estimate of drug-likeness (QED) is 0.808. The molecule has 1 unspecified atom stereocenters. The van der Waals surface area contributed by atoms with Gasteiger partial charge in [0.15, 0.2) is 9.84 Å². The van der Waals surface area contributed by atoms with E-state index in [1.165, 1.54) is 5.69 Å². The molecule has 1 fully saturated rings. The van der Waals surface area contributed by atoms with Crippen molar-refractivity contribution in [1.82, 2.24) is 20.0 Å². The highest BCUT2D eigenvalue weighted by Crippen LogP contribution is 2.21. The highest BCUT2D eigenvalue weighted by atomic mass is 32.2. The average Bonchev–Trinajstić information content (AvgIpc) is 3.02. The second-order valence-electron chi connectivity index (χ2n) is 7.23. The lowest BCUT2D eigenvalue weighted by Crippen LogP contribution is -2.26. The zero-order valence-corrected chi connectivity index (χ0v) is 15.7. The van der Waals surface area contributed by atoms with Gasteiger partial charge in [-0.1, -0.05) is 6.92 Å². The van der Waals surface area contributed by atoms with E-state index in [1.54, 1.807) is 0 Å². The first kappa shape index (κ1) is 18.4. The van der Waals surface area contributed by atoms with Crippen LogP contribution >= 0.6 is 0 Å². The van der Waals surface area contributed by atoms with E-state index < -0.39 is 9.84 Å². The number of amides is 1. The van der Waals surface area contributed by atoms with Gasteiger partial charge in [0.25, 0.3) is 0 Å². The molecule has 2 aliphatic heterocycles. The van der Waals surface area contributed by atoms with Crippen molar-refractivity contribution in [3.63, 3.8) is 0 Å². The van der Waals surface area contributed by atoms with Crippen molar-refractivity contribution in [2.24, 2.45) is 5.92 Å². The van der Waals surface area contributed by atoms with Crippen LogP contribution < -0.4 is 5.32 Å². The van der Waals surface area contributed by atoms with Gasteiger partial charge in [-0.25, -0.2) is 8.42 Å². The van der Waals surface area contributed by atoms with Gasteiger partial charge >= 0.3 is 0 Å². The van der Waals surface area contributed by atoms with Gasteiger partial charge in [0.05, 0.1) is 29.4 Å². The molecule has 1 N–H and O–H groups in total. The summed E-state index contributed by atoms with van der Waals surface area (Å²) in [6.45, 7) is 6.64. The molecule has 1 amide bonds. The molecule has 1 aromatic heterocycles. The van der Waals surface area contributed by atoms with Crippen LogP contribution in [-0.4, -0.2) is 53.6 Å². The van der Waals surface area contributed by atoms with Gasteiger partial charge in [-0.2, -0.15) is 5.10 Å². The van der Waals surface area contributed by atoms with E-state index in [9.17, 15) is 13.2 Å². The largest absolute Gasteiger partial charge is 0.350 e. The number of carbonyl (C=O) groups is 1. The molecular formula is C17H28N4O3S. The molecule has 0 saturated carbocycles. The normalized spacial score (nSPS) is 23.2. The number of nitrogens with one attached hydrogen (secondary N) is 1. The standard InChI is InChI=1S/C17H28N4O3S/c1-2-5-20-6-3-7-21-16(12-20)10-15(19-21)11-18-17(22)9-14-4-8-25(23,24)13-14/h10,14H,2-9,11-13H2,1H3,(H,18,22). The Morgan fingerprint density at radius 3 is 2.96 bits per heavy atom. The third-order valence-electron chi connectivity index (χ3n) is 4.95. The van der Waals surface area contributed by atoms with Crippen LogP contribution in [0.25, 0.3) is 0 Å². The van der Waals surface area contributed by atoms with Gasteiger partial charge in [0.2, 0.25) is 5.91 Å². The number of sulfone groups is 1. The van der Waals surface area contributed by atoms with Crippen LogP contribution in [0.1, 0.15) is 44.0 Å². The average molecular weight is 369 g/mol. The molecule has 8 heteroatoms. The van der Waals surface area contributed by atoms with Crippen LogP contribution in [0.5, 0.6) is 0 Å². The van der Waals surface area contributed by atoms with Crippen molar-refractivity contribution >= 4 is 15.7 Å². The lowest BCUT2D eigenvalue weighted by molar-refractivity contribution is -0.122. The molecule has 1 saturated heterocycles. The lowest BCUT2D eigenvalue weighted by atomic mass is 10.1. The van der Waals surface area contributed by atoms with Crippen molar-refractivity contribution in [1.29, 1.82) is 0 Å². The number of aryl methyl sites for hydroxylation is 1. The van der Waals surface area contributed by atoms with Crippen LogP contribution in [0.3, 0.4) is 0 Å². The molecule has 1 aromatic rings. The fourth-order valence-corrected chi connectivity index (χ4v) is 5.60. The maximum Gasteiger partial charge on any atom is 0.220 e. The van der Waals surface area contributed by atoms with Gasteiger partial charge < -0.3 is 5.32 Å². The Hall–Kier alpha value is -1.41. The van der Waals surface area contributed by atoms with Crippen LogP contribution in [-0.2, 0) is 34.3 Å². The molecule has 3 rings (SSSR count). The third kappa shape index (κ3) is 5.04. The van der Waals surface area contributed by atoms with Crippen molar-refractivity contribution < 1.29 is 13.2 Å². The lowest BCUT2D eigenvalue weighted by Gasteiger charge is -2.17. The maximum absolute atomic E-state index is 12.1. The molecular weight excluding hydrogens is 340 g/mol. The summed E-state index contributed by atoms with van der Waals surface area (Å²) in [7, 11) is -2.92. The molecule has 0 aromatic carbocycles. The first-order valence-electron chi connectivity index (χ1n) is 9.20. The predicted octanol–water partition coefficient (Wildman–Crippen LogP) is 0.940. The highest BCUT2D eigenvalue weighted by molar-refractivity contribution is 7.91. The minimum absolute atomic E-state index is 0.0358. The van der Waals surface area contributed by atoms with E-state index in [2.05, 4.69) is 33.0 Å². The molecule has 1 atom stereocenters. The zero-order valence-electron chi connectivity index (χ0n) is 14.9. The van der Waals surface area contributed by atoms with Crippen molar-refractivity contribution in [3.05, 3.63) is 17.5 Å². The second-order valence-corrected chi connectivity index (χ2v) is 9.46. The van der Waals surface area contributed by atoms with Crippen LogP contribution in [0.2, 0.25) is 0 Å². The summed E-state index contributed by atoms with van der Waals surface area (Å²) in [5.41, 5.74) is 2.08. The van der Waals surface area contributed by atoms with Crippen molar-refractivity contribution in [2.75, 3.05) is 24.6 Å². The summed E-state index contributed by atoms with van der Waals surface area (Å²) in [5, 5.41) is 7.50. The number of fused-ring (bicyclic) bond motifs is 1. The molecule has 7 nitrogen and oxygen atoms in total. The summed E-state index contributed by atoms with van der Waals surface area (Å²) < 4.78 is 25.0. The number of rotatable bonds is 6. The van der Waals surface area contributed by atoms with E-state index in [1.807, 2.05) is 0 Å². The Morgan fingerprint density at radius 2 is 2.24 bits per heavy atom. The van der Waals surface area contributed by atoms with Crippen molar-refractivity contribution in [2.45, 2.75) is 52.2 Å². The molecule has 3 heterocycles. The first-order chi connectivity index (χ1) is 11.9. The zero-order chi connectivity index (χ0) is 17.9. The van der Waals surface area contributed by atoms with Gasteiger partial charge in [0.1, 0.15) is 0 Å². The highest BCUT2D eigenvalue weighted by Gasteiger charge is 2.29. The summed E-state index contributed by atoms with van der Waals surface area (Å²) in [6, 6.07) is 2.08. The fourth-order valence-electron chi connectivity index (χ4n) is 3.74. The minimum Gasteiger partial charge on any atom is -0.350 e. The number of nitrogens with zero attached hydrogens (tertiary/aromatic N) is 3. The molecule has 0 radical (unpaired) electrons. The van der Waals surface area contributed by atoms with Gasteiger partial charge in [-0.05, 0) is 37.8 Å². The Morgan fingerprint density at radius 1 is 1.40 bits per heavy atom. The van der Waals surface area contributed by atoms with E-state index in [-0.39, 0.29) is 29.8 Å². The number of aromatic nitrogens is 2. The summed E-state index contributed by atoms with van der Waals surface area (Å²) in [6.07, 6.45) is 3.13. The van der Waals surface area contributed by atoms with E-state index in [0.717, 1.165) is 44.7 Å². The number of carbonyl (C=O) groups excluding carboxylic acids is 1. The van der Waals surface area contributed by atoms with E-state index in [4.69, 9.17) is 0 Å². The Kier molecular flexibility index (Phi) is 5.78. The molecule has 0 spiro atoms. The van der Waals surface area contributed by atoms with Crippen LogP contribution in [0.4, 0.5) is 0 Å². The van der Waals surface area contributed by atoms with Crippen LogP contribution in [0.15, 0.2) is 6.07 Å². The summed E-state index contributed by atoms with van der Waals surface area (Å²) in [5.74, 6) is 0.239. The topological polar surface area (TPSA) is 84.3 Å². The molecule has 0 bridgehead atoms. The molecule has 2 aliphatic rings. The fraction of sp³-hybridized carbons (Fsp3) is 0.765. The minimum atomic E-state index is -2.92. The third-order valence-corrected chi connectivity index (χ3v) is 6.79. The molecule has 0 aliphatic carbocycles. The summed E-state index contributed by atoms with van der Waals surface area (Å²) >= 11 is 0. The van der Waals surface area contributed by atoms with E-state index >= 15 is 0 Å².